The largest absolute Gasteiger partial charge is 0.331 e. The maximum absolute atomic E-state index is 12.8. The van der Waals surface area contributed by atoms with Crippen LogP contribution >= 0.6 is 11.3 Å². The highest BCUT2D eigenvalue weighted by molar-refractivity contribution is 7.91. The van der Waals surface area contributed by atoms with E-state index in [0.29, 0.717) is 25.5 Å². The molecule has 34 heavy (non-hydrogen) atoms. The second-order valence-corrected chi connectivity index (χ2v) is 12.3. The highest BCUT2D eigenvalue weighted by atomic mass is 32.2. The Morgan fingerprint density at radius 1 is 1.12 bits per heavy atom. The summed E-state index contributed by atoms with van der Waals surface area (Å²) in [6.07, 6.45) is 4.30. The number of piperazine rings is 1. The number of amides is 1. The molecular formula is C24H29N4O4S2+. The second kappa shape index (κ2) is 9.59. The lowest BCUT2D eigenvalue weighted by Crippen LogP contribution is -3.13. The van der Waals surface area contributed by atoms with Crippen LogP contribution in [0.1, 0.15) is 35.5 Å². The Labute approximate surface area is 202 Å². The Balaban J connectivity index is 1.17. The van der Waals surface area contributed by atoms with E-state index in [1.165, 1.54) is 21.8 Å². The van der Waals surface area contributed by atoms with Gasteiger partial charge in [0, 0.05) is 11.3 Å². The molecule has 0 saturated carbocycles. The summed E-state index contributed by atoms with van der Waals surface area (Å²) >= 11 is 1.66. The number of nitrogens with one attached hydrogen (secondary N) is 2. The normalized spacial score (nSPS) is 17.1. The van der Waals surface area contributed by atoms with Crippen molar-refractivity contribution in [1.29, 1.82) is 0 Å². The van der Waals surface area contributed by atoms with Gasteiger partial charge in [0.2, 0.25) is 5.91 Å². The topological polar surface area (TPSA) is 105 Å². The van der Waals surface area contributed by atoms with Crippen LogP contribution in [0.3, 0.4) is 0 Å². The van der Waals surface area contributed by atoms with Gasteiger partial charge in [0.1, 0.15) is 11.4 Å². The summed E-state index contributed by atoms with van der Waals surface area (Å²) in [5, 5.41) is 0.777. The van der Waals surface area contributed by atoms with Crippen LogP contribution in [0.5, 0.6) is 0 Å². The van der Waals surface area contributed by atoms with E-state index in [9.17, 15) is 18.0 Å². The number of rotatable bonds is 6. The van der Waals surface area contributed by atoms with Crippen molar-refractivity contribution >= 4 is 37.3 Å². The van der Waals surface area contributed by atoms with Crippen LogP contribution in [-0.2, 0) is 34.0 Å². The first-order valence-electron chi connectivity index (χ1n) is 11.8. The third-order valence-corrected chi connectivity index (χ3v) is 9.72. The Bertz CT molecular complexity index is 1360. The minimum Gasteiger partial charge on any atom is -0.331 e. The van der Waals surface area contributed by atoms with Crippen molar-refractivity contribution in [3.8, 4) is 0 Å². The van der Waals surface area contributed by atoms with Crippen LogP contribution in [0.15, 0.2) is 40.0 Å². The van der Waals surface area contributed by atoms with E-state index in [-0.39, 0.29) is 28.5 Å². The number of sulfone groups is 1. The summed E-state index contributed by atoms with van der Waals surface area (Å²) in [5.41, 5.74) is 1.16. The number of carbonyl (C=O) groups excluding carboxylic acids is 1. The minimum absolute atomic E-state index is 0.0127. The molecule has 2 aromatic heterocycles. The number of hydrogen-bond acceptors (Lipinski definition) is 6. The van der Waals surface area contributed by atoms with Gasteiger partial charge in [0.05, 0.1) is 42.2 Å². The molecule has 2 aliphatic rings. The van der Waals surface area contributed by atoms with Crippen molar-refractivity contribution in [2.75, 3.05) is 31.9 Å². The van der Waals surface area contributed by atoms with Gasteiger partial charge >= 0.3 is 0 Å². The van der Waals surface area contributed by atoms with Gasteiger partial charge in [-0.2, -0.15) is 0 Å². The maximum Gasteiger partial charge on any atom is 0.260 e. The number of fused-ring (bicyclic) bond motifs is 3. The van der Waals surface area contributed by atoms with Gasteiger partial charge in [0.25, 0.3) is 5.56 Å². The molecule has 0 bridgehead atoms. The van der Waals surface area contributed by atoms with E-state index in [1.54, 1.807) is 46.6 Å². The van der Waals surface area contributed by atoms with Gasteiger partial charge in [-0.1, -0.05) is 18.2 Å². The Hall–Kier alpha value is -2.56. The summed E-state index contributed by atoms with van der Waals surface area (Å²) in [5.74, 6) is 0.384. The lowest BCUT2D eigenvalue weighted by atomic mass is 9.97. The molecule has 1 amide bonds. The number of aromatic nitrogens is 2. The Morgan fingerprint density at radius 3 is 2.62 bits per heavy atom. The zero-order valence-corrected chi connectivity index (χ0v) is 20.6. The number of thiophene rings is 1. The van der Waals surface area contributed by atoms with Gasteiger partial charge in [-0.05, 0) is 43.4 Å². The fraction of sp³-hybridized carbons (Fsp3) is 0.458. The standard InChI is InChI=1S/C24H28N4O4S2/c29-21(10-15-34(31,32)17-6-2-1-3-7-17)28-13-11-27(12-14-28)16-20-25-23(30)22-18-8-4-5-9-19(18)33-24(22)26-20/h1-3,6-7H,4-5,8-16H2,(H,25,26,30)/p+1. The smallest absolute Gasteiger partial charge is 0.260 e. The predicted octanol–water partition coefficient (Wildman–Crippen LogP) is 0.955. The first-order chi connectivity index (χ1) is 16.4. The number of benzene rings is 1. The van der Waals surface area contributed by atoms with Crippen LogP contribution in [0.25, 0.3) is 10.2 Å². The third kappa shape index (κ3) is 4.80. The first kappa shape index (κ1) is 23.2. The lowest BCUT2D eigenvalue weighted by Gasteiger charge is -2.32. The molecule has 10 heteroatoms. The van der Waals surface area contributed by atoms with Gasteiger partial charge < -0.3 is 14.8 Å². The summed E-state index contributed by atoms with van der Waals surface area (Å²) in [4.78, 5) is 38.6. The number of H-pyrrole nitrogens is 1. The molecule has 0 radical (unpaired) electrons. The van der Waals surface area contributed by atoms with E-state index >= 15 is 0 Å². The molecule has 1 fully saturated rings. The van der Waals surface area contributed by atoms with Crippen LogP contribution in [0.4, 0.5) is 0 Å². The highest BCUT2D eigenvalue weighted by Gasteiger charge is 2.27. The molecule has 0 spiro atoms. The fourth-order valence-electron chi connectivity index (χ4n) is 4.90. The van der Waals surface area contributed by atoms with E-state index in [2.05, 4.69) is 4.98 Å². The van der Waals surface area contributed by atoms with Crippen molar-refractivity contribution in [3.05, 3.63) is 57.0 Å². The molecule has 8 nitrogen and oxygen atoms in total. The fourth-order valence-corrected chi connectivity index (χ4v) is 7.44. The summed E-state index contributed by atoms with van der Waals surface area (Å²) in [7, 11) is -3.46. The number of nitrogens with zero attached hydrogens (tertiary/aromatic N) is 2. The van der Waals surface area contributed by atoms with E-state index in [0.717, 1.165) is 42.6 Å². The second-order valence-electron chi connectivity index (χ2n) is 9.09. The SMILES string of the molecule is O=C(CCS(=O)(=O)c1ccccc1)N1CC[NH+](Cc2nc3sc4c(c3c(=O)[nH]2)CCCC4)CC1. The molecule has 3 heterocycles. The molecule has 1 aliphatic heterocycles. The van der Waals surface area contributed by atoms with E-state index in [1.807, 2.05) is 0 Å². The Morgan fingerprint density at radius 2 is 1.85 bits per heavy atom. The molecule has 1 saturated heterocycles. The lowest BCUT2D eigenvalue weighted by molar-refractivity contribution is -0.918. The third-order valence-electron chi connectivity index (χ3n) is 6.80. The van der Waals surface area contributed by atoms with Crippen LogP contribution in [0.2, 0.25) is 0 Å². The van der Waals surface area contributed by atoms with Crippen LogP contribution in [-0.4, -0.2) is 61.1 Å². The van der Waals surface area contributed by atoms with Crippen molar-refractivity contribution in [1.82, 2.24) is 14.9 Å². The Kier molecular flexibility index (Phi) is 6.54. The summed E-state index contributed by atoms with van der Waals surface area (Å²) in [6.45, 7) is 3.22. The number of aryl methyl sites for hydroxylation is 2. The number of hydrogen-bond donors (Lipinski definition) is 2. The average Bonchev–Trinajstić information content (AvgIpc) is 3.22. The zero-order chi connectivity index (χ0) is 23.7. The highest BCUT2D eigenvalue weighted by Crippen LogP contribution is 2.33. The number of aromatic amines is 1. The molecule has 0 unspecified atom stereocenters. The van der Waals surface area contributed by atoms with Crippen molar-refractivity contribution in [2.45, 2.75) is 43.5 Å². The maximum atomic E-state index is 12.8. The first-order valence-corrected chi connectivity index (χ1v) is 14.3. The summed E-state index contributed by atoms with van der Waals surface area (Å²) in [6, 6.07) is 8.25. The molecule has 5 rings (SSSR count). The molecular weight excluding hydrogens is 472 g/mol. The van der Waals surface area contributed by atoms with Gasteiger partial charge in [0.15, 0.2) is 15.7 Å². The molecule has 1 aromatic carbocycles. The molecule has 2 N–H and O–H groups in total. The summed E-state index contributed by atoms with van der Waals surface area (Å²) < 4.78 is 24.9. The predicted molar refractivity (Wildman–Crippen MR) is 131 cm³/mol. The van der Waals surface area contributed by atoms with E-state index < -0.39 is 9.84 Å². The number of carbonyl (C=O) groups is 1. The van der Waals surface area contributed by atoms with Crippen LogP contribution < -0.4 is 10.5 Å². The quantitative estimate of drug-likeness (QED) is 0.524. The van der Waals surface area contributed by atoms with E-state index in [4.69, 9.17) is 4.98 Å². The van der Waals surface area contributed by atoms with Crippen molar-refractivity contribution in [2.24, 2.45) is 0 Å². The number of quaternary nitrogens is 1. The average molecular weight is 502 g/mol. The molecule has 1 aliphatic carbocycles. The molecule has 180 valence electrons. The van der Waals surface area contributed by atoms with Gasteiger partial charge in [-0.15, -0.1) is 11.3 Å². The monoisotopic (exact) mass is 501 g/mol. The minimum atomic E-state index is -3.46. The zero-order valence-electron chi connectivity index (χ0n) is 19.0. The molecule has 0 atom stereocenters. The van der Waals surface area contributed by atoms with Crippen molar-refractivity contribution < 1.29 is 18.1 Å². The van der Waals surface area contributed by atoms with Crippen molar-refractivity contribution in [3.63, 3.8) is 0 Å². The van der Waals surface area contributed by atoms with Crippen LogP contribution in [0, 0.1) is 0 Å². The van der Waals surface area contributed by atoms with Gasteiger partial charge in [-0.25, -0.2) is 13.4 Å². The molecule has 3 aromatic rings. The van der Waals surface area contributed by atoms with Gasteiger partial charge in [-0.3, -0.25) is 9.59 Å².